The molecule has 0 unspecified atom stereocenters. The van der Waals surface area contributed by atoms with Crippen LogP contribution in [0, 0.1) is 6.92 Å². The monoisotopic (exact) mass is 192 g/mol. The smallest absolute Gasteiger partial charge is 0.277 e. The molecule has 0 aliphatic carbocycles. The van der Waals surface area contributed by atoms with Crippen molar-refractivity contribution in [3.05, 3.63) is 28.4 Å². The van der Waals surface area contributed by atoms with Crippen molar-refractivity contribution in [2.45, 2.75) is 13.5 Å². The average molecular weight is 192 g/mol. The van der Waals surface area contributed by atoms with Gasteiger partial charge in [0.25, 0.3) is 5.56 Å². The van der Waals surface area contributed by atoms with Crippen LogP contribution in [0.3, 0.4) is 0 Å². The molecule has 5 nitrogen and oxygen atoms in total. The second-order valence-corrected chi connectivity index (χ2v) is 3.14. The van der Waals surface area contributed by atoms with Crippen LogP contribution in [0.2, 0.25) is 0 Å². The van der Waals surface area contributed by atoms with Crippen molar-refractivity contribution in [2.75, 3.05) is 6.61 Å². The summed E-state index contributed by atoms with van der Waals surface area (Å²) in [6.45, 7) is 1.73. The first kappa shape index (κ1) is 8.96. The lowest BCUT2D eigenvalue weighted by Gasteiger charge is -2.06. The first-order valence-electron chi connectivity index (χ1n) is 4.35. The molecule has 2 aromatic heterocycles. The van der Waals surface area contributed by atoms with Crippen LogP contribution in [0.25, 0.3) is 11.0 Å². The van der Waals surface area contributed by atoms with E-state index in [-0.39, 0.29) is 18.7 Å². The zero-order valence-electron chi connectivity index (χ0n) is 7.78. The number of hydrogen-bond acceptors (Lipinski definition) is 3. The molecule has 2 heterocycles. The van der Waals surface area contributed by atoms with E-state index in [4.69, 9.17) is 0 Å². The van der Waals surface area contributed by atoms with E-state index >= 15 is 0 Å². The lowest BCUT2D eigenvalue weighted by Crippen LogP contribution is -2.25. The fourth-order valence-electron chi connectivity index (χ4n) is 1.42. The van der Waals surface area contributed by atoms with E-state index in [0.29, 0.717) is 11.0 Å². The van der Waals surface area contributed by atoms with Gasteiger partial charge in [-0.25, -0.2) is 4.98 Å². The molecule has 2 aromatic rings. The van der Waals surface area contributed by atoms with E-state index in [1.807, 2.05) is 6.92 Å². The zero-order chi connectivity index (χ0) is 10.1. The van der Waals surface area contributed by atoms with Gasteiger partial charge in [-0.15, -0.1) is 6.61 Å². The van der Waals surface area contributed by atoms with Gasteiger partial charge in [-0.1, -0.05) is 0 Å². The van der Waals surface area contributed by atoms with Gasteiger partial charge in [0.1, 0.15) is 5.52 Å². The first-order valence-corrected chi connectivity index (χ1v) is 4.35. The zero-order valence-corrected chi connectivity index (χ0v) is 7.78. The lowest BCUT2D eigenvalue weighted by atomic mass is 10.3. The van der Waals surface area contributed by atoms with Crippen molar-refractivity contribution >= 4 is 11.0 Å². The maximum absolute atomic E-state index is 11.7. The summed E-state index contributed by atoms with van der Waals surface area (Å²) in [5.74, 6) is 0. The summed E-state index contributed by atoms with van der Waals surface area (Å²) in [4.78, 5) is 18.7. The van der Waals surface area contributed by atoms with Crippen LogP contribution in [0.15, 0.2) is 17.3 Å². The third-order valence-corrected chi connectivity index (χ3v) is 2.18. The van der Waals surface area contributed by atoms with Gasteiger partial charge in [0.15, 0.2) is 0 Å². The van der Waals surface area contributed by atoms with Gasteiger partial charge in [-0.05, 0) is 12.5 Å². The summed E-state index contributed by atoms with van der Waals surface area (Å²) in [5, 5.41) is 10.4. The molecule has 74 valence electrons. The second-order valence-electron chi connectivity index (χ2n) is 3.14. The molecule has 0 atom stereocenters. The Morgan fingerprint density at radius 1 is 1.64 bits per heavy atom. The Morgan fingerprint density at radius 3 is 3.14 bits per heavy atom. The highest BCUT2D eigenvalue weighted by Gasteiger charge is 2.06. The van der Waals surface area contributed by atoms with E-state index in [1.165, 1.54) is 10.9 Å². The highest BCUT2D eigenvalue weighted by molar-refractivity contribution is 5.77. The number of H-pyrrole nitrogens is 1. The van der Waals surface area contributed by atoms with Crippen LogP contribution < -0.4 is 10.7 Å². The quantitative estimate of drug-likeness (QED) is 0.690. The molecule has 0 amide bonds. The molecular weight excluding hydrogens is 182 g/mol. The fraction of sp³-hybridized carbons (Fsp3) is 0.333. The van der Waals surface area contributed by atoms with Crippen molar-refractivity contribution in [3.63, 3.8) is 0 Å². The van der Waals surface area contributed by atoms with Crippen molar-refractivity contribution in [2.24, 2.45) is 0 Å². The Balaban J connectivity index is 2.70. The van der Waals surface area contributed by atoms with E-state index < -0.39 is 0 Å². The molecule has 0 aromatic carbocycles. The molecule has 0 radical (unpaired) electrons. The number of aromatic amines is 1. The van der Waals surface area contributed by atoms with Gasteiger partial charge in [0, 0.05) is 12.7 Å². The van der Waals surface area contributed by atoms with Gasteiger partial charge in [-0.2, -0.15) is 0 Å². The molecule has 5 heteroatoms. The fourth-order valence-corrected chi connectivity index (χ4v) is 1.42. The van der Waals surface area contributed by atoms with Crippen LogP contribution >= 0.6 is 0 Å². The summed E-state index contributed by atoms with van der Waals surface area (Å²) in [6, 6.07) is 0. The molecule has 0 saturated heterocycles. The third-order valence-electron chi connectivity index (χ3n) is 2.18. The molecule has 0 aliphatic heterocycles. The first-order chi connectivity index (χ1) is 6.74. The number of nitrogens with one attached hydrogen (secondary N) is 1. The van der Waals surface area contributed by atoms with E-state index in [2.05, 4.69) is 9.97 Å². The SMILES string of the molecule is Cc1c[nH]c2c(=O)n(CC[O-])cnc12. The highest BCUT2D eigenvalue weighted by Crippen LogP contribution is 2.09. The molecule has 0 saturated carbocycles. The van der Waals surface area contributed by atoms with Crippen LogP contribution in [0.5, 0.6) is 0 Å². The molecule has 0 spiro atoms. The number of aryl methyl sites for hydroxylation is 1. The summed E-state index contributed by atoms with van der Waals surface area (Å²) in [7, 11) is 0. The Hall–Kier alpha value is -1.62. The van der Waals surface area contributed by atoms with E-state index in [1.54, 1.807) is 6.20 Å². The summed E-state index contributed by atoms with van der Waals surface area (Å²) in [6.07, 6.45) is 3.16. The Labute approximate surface area is 80.0 Å². The molecule has 0 fully saturated rings. The summed E-state index contributed by atoms with van der Waals surface area (Å²) >= 11 is 0. The maximum Gasteiger partial charge on any atom is 0.277 e. The van der Waals surface area contributed by atoms with Crippen molar-refractivity contribution < 1.29 is 5.11 Å². The van der Waals surface area contributed by atoms with Gasteiger partial charge in [0.05, 0.1) is 11.8 Å². The second kappa shape index (κ2) is 3.26. The summed E-state index contributed by atoms with van der Waals surface area (Å²) < 4.78 is 1.32. The summed E-state index contributed by atoms with van der Waals surface area (Å²) in [5.41, 5.74) is 1.90. The Bertz CT molecular complexity index is 512. The number of rotatable bonds is 2. The number of aromatic nitrogens is 3. The number of nitrogens with zero attached hydrogens (tertiary/aromatic N) is 2. The third kappa shape index (κ3) is 1.22. The topological polar surface area (TPSA) is 73.7 Å². The van der Waals surface area contributed by atoms with Crippen LogP contribution in [-0.4, -0.2) is 21.1 Å². The van der Waals surface area contributed by atoms with Gasteiger partial charge in [0.2, 0.25) is 0 Å². The molecule has 0 aliphatic rings. The number of fused-ring (bicyclic) bond motifs is 1. The lowest BCUT2D eigenvalue weighted by molar-refractivity contribution is -0.369. The Morgan fingerprint density at radius 2 is 2.43 bits per heavy atom. The molecule has 2 rings (SSSR count). The number of hydrogen-bond donors (Lipinski definition) is 1. The van der Waals surface area contributed by atoms with Crippen molar-refractivity contribution in [1.29, 1.82) is 0 Å². The van der Waals surface area contributed by atoms with Gasteiger partial charge >= 0.3 is 0 Å². The normalized spacial score (nSPS) is 11.0. The minimum atomic E-state index is -0.313. The molecule has 0 bridgehead atoms. The molecule has 14 heavy (non-hydrogen) atoms. The van der Waals surface area contributed by atoms with E-state index in [0.717, 1.165) is 5.56 Å². The van der Waals surface area contributed by atoms with E-state index in [9.17, 15) is 9.90 Å². The van der Waals surface area contributed by atoms with Gasteiger partial charge in [-0.3, -0.25) is 9.36 Å². The average Bonchev–Trinajstić information content (AvgIpc) is 2.54. The minimum Gasteiger partial charge on any atom is -0.853 e. The Kier molecular flexibility index (Phi) is 2.09. The minimum absolute atomic E-state index is 0.167. The van der Waals surface area contributed by atoms with Crippen molar-refractivity contribution in [1.82, 2.24) is 14.5 Å². The van der Waals surface area contributed by atoms with Gasteiger partial charge < -0.3 is 10.1 Å². The standard InChI is InChI=1S/C9H10N3O2/c1-6-4-10-8-7(6)11-5-12(2-3-13)9(8)14/h4-5,10H,2-3H2,1H3/q-1. The largest absolute Gasteiger partial charge is 0.853 e. The molecule has 1 N–H and O–H groups in total. The van der Waals surface area contributed by atoms with Crippen molar-refractivity contribution in [3.8, 4) is 0 Å². The molecular formula is C9H10N3O2-. The van der Waals surface area contributed by atoms with Crippen LogP contribution in [-0.2, 0) is 6.54 Å². The van der Waals surface area contributed by atoms with Crippen LogP contribution in [0.4, 0.5) is 0 Å². The van der Waals surface area contributed by atoms with Crippen LogP contribution in [0.1, 0.15) is 5.56 Å². The highest BCUT2D eigenvalue weighted by atomic mass is 16.3. The predicted molar refractivity (Wildman–Crippen MR) is 50.0 cm³/mol. The maximum atomic E-state index is 11.7. The predicted octanol–water partition coefficient (Wildman–Crippen LogP) is -0.607.